The van der Waals surface area contributed by atoms with E-state index in [0.29, 0.717) is 44.8 Å². The fourth-order valence-electron chi connectivity index (χ4n) is 2.10. The average molecular weight is 266 g/mol. The molecule has 1 fully saturated rings. The average Bonchev–Trinajstić information content (AvgIpc) is 2.98. The van der Waals surface area contributed by atoms with Gasteiger partial charge in [-0.1, -0.05) is 0 Å². The van der Waals surface area contributed by atoms with Gasteiger partial charge < -0.3 is 19.3 Å². The maximum absolute atomic E-state index is 12.0. The molecule has 6 heteroatoms. The standard InChI is InChI=1S/C13H18N2O4/c16-9-1-4-12(17)14-5-7-15(8-6-14)13(18)11-3-2-10-19-11/h2-3,10,16H,1,4-9H2. The number of hydrogen-bond acceptors (Lipinski definition) is 4. The van der Waals surface area contributed by atoms with E-state index in [4.69, 9.17) is 9.52 Å². The summed E-state index contributed by atoms with van der Waals surface area (Å²) in [6.45, 7) is 2.14. The maximum Gasteiger partial charge on any atom is 0.289 e. The number of aliphatic hydroxyl groups is 1. The van der Waals surface area contributed by atoms with Crippen molar-refractivity contribution in [2.75, 3.05) is 32.8 Å². The third-order valence-corrected chi connectivity index (χ3v) is 3.20. The Morgan fingerprint density at radius 2 is 1.89 bits per heavy atom. The van der Waals surface area contributed by atoms with E-state index in [-0.39, 0.29) is 18.4 Å². The van der Waals surface area contributed by atoms with E-state index in [1.54, 1.807) is 21.9 Å². The van der Waals surface area contributed by atoms with Crippen molar-refractivity contribution in [2.24, 2.45) is 0 Å². The van der Waals surface area contributed by atoms with Crippen LogP contribution in [0.3, 0.4) is 0 Å². The van der Waals surface area contributed by atoms with Crippen molar-refractivity contribution < 1.29 is 19.1 Å². The molecule has 2 amide bonds. The lowest BCUT2D eigenvalue weighted by Gasteiger charge is -2.34. The predicted molar refractivity (Wildman–Crippen MR) is 67.5 cm³/mol. The first-order valence-corrected chi connectivity index (χ1v) is 6.44. The van der Waals surface area contributed by atoms with Crippen LogP contribution in [-0.2, 0) is 4.79 Å². The van der Waals surface area contributed by atoms with Crippen LogP contribution < -0.4 is 0 Å². The van der Waals surface area contributed by atoms with E-state index in [9.17, 15) is 9.59 Å². The summed E-state index contributed by atoms with van der Waals surface area (Å²) in [4.78, 5) is 27.2. The molecule has 0 bridgehead atoms. The van der Waals surface area contributed by atoms with Gasteiger partial charge in [0, 0.05) is 39.2 Å². The molecule has 0 atom stereocenters. The van der Waals surface area contributed by atoms with Crippen molar-refractivity contribution in [1.82, 2.24) is 9.80 Å². The number of amides is 2. The number of piperazine rings is 1. The molecule has 1 aliphatic heterocycles. The van der Waals surface area contributed by atoms with Gasteiger partial charge in [-0.25, -0.2) is 0 Å². The van der Waals surface area contributed by atoms with Gasteiger partial charge in [0.15, 0.2) is 5.76 Å². The summed E-state index contributed by atoms with van der Waals surface area (Å²) in [5, 5.41) is 8.70. The molecular formula is C13H18N2O4. The van der Waals surface area contributed by atoms with E-state index >= 15 is 0 Å². The van der Waals surface area contributed by atoms with Crippen LogP contribution in [0.25, 0.3) is 0 Å². The fourth-order valence-corrected chi connectivity index (χ4v) is 2.10. The molecule has 1 aromatic heterocycles. The monoisotopic (exact) mass is 266 g/mol. The van der Waals surface area contributed by atoms with E-state index < -0.39 is 0 Å². The minimum atomic E-state index is -0.132. The van der Waals surface area contributed by atoms with Crippen LogP contribution in [-0.4, -0.2) is 59.5 Å². The molecule has 0 radical (unpaired) electrons. The Balaban J connectivity index is 1.82. The second-order valence-corrected chi connectivity index (χ2v) is 4.48. The van der Waals surface area contributed by atoms with Crippen LogP contribution in [0.15, 0.2) is 22.8 Å². The zero-order chi connectivity index (χ0) is 13.7. The molecule has 1 N–H and O–H groups in total. The second-order valence-electron chi connectivity index (χ2n) is 4.48. The SMILES string of the molecule is O=C(CCCO)N1CCN(C(=O)c2ccco2)CC1. The predicted octanol–water partition coefficient (Wildman–Crippen LogP) is 0.336. The highest BCUT2D eigenvalue weighted by Gasteiger charge is 2.25. The number of hydrogen-bond donors (Lipinski definition) is 1. The largest absolute Gasteiger partial charge is 0.459 e. The third-order valence-electron chi connectivity index (χ3n) is 3.20. The second kappa shape index (κ2) is 6.38. The lowest BCUT2D eigenvalue weighted by molar-refractivity contribution is -0.132. The topological polar surface area (TPSA) is 74.0 Å². The van der Waals surface area contributed by atoms with E-state index in [1.165, 1.54) is 6.26 Å². The number of aliphatic hydroxyl groups excluding tert-OH is 1. The van der Waals surface area contributed by atoms with Gasteiger partial charge in [0.05, 0.1) is 6.26 Å². The summed E-state index contributed by atoms with van der Waals surface area (Å²) in [7, 11) is 0. The molecule has 6 nitrogen and oxygen atoms in total. The van der Waals surface area contributed by atoms with Crippen molar-refractivity contribution in [3.8, 4) is 0 Å². The molecule has 19 heavy (non-hydrogen) atoms. The normalized spacial score (nSPS) is 15.6. The Kier molecular flexibility index (Phi) is 4.57. The minimum absolute atomic E-state index is 0.0304. The van der Waals surface area contributed by atoms with Crippen molar-refractivity contribution in [3.05, 3.63) is 24.2 Å². The fraction of sp³-hybridized carbons (Fsp3) is 0.538. The number of nitrogens with zero attached hydrogens (tertiary/aromatic N) is 2. The van der Waals surface area contributed by atoms with Gasteiger partial charge in [0.1, 0.15) is 0 Å². The number of furan rings is 1. The Morgan fingerprint density at radius 1 is 1.21 bits per heavy atom. The third kappa shape index (κ3) is 3.35. The highest BCUT2D eigenvalue weighted by molar-refractivity contribution is 5.91. The zero-order valence-corrected chi connectivity index (χ0v) is 10.7. The van der Waals surface area contributed by atoms with Gasteiger partial charge in [-0.05, 0) is 18.6 Å². The van der Waals surface area contributed by atoms with E-state index in [2.05, 4.69) is 0 Å². The summed E-state index contributed by atoms with van der Waals surface area (Å²) < 4.78 is 5.08. The highest BCUT2D eigenvalue weighted by Crippen LogP contribution is 2.10. The van der Waals surface area contributed by atoms with Crippen LogP contribution in [0.5, 0.6) is 0 Å². The van der Waals surface area contributed by atoms with Gasteiger partial charge in [0.25, 0.3) is 5.91 Å². The Labute approximate surface area is 111 Å². The van der Waals surface area contributed by atoms with Gasteiger partial charge in [-0.2, -0.15) is 0 Å². The molecule has 2 heterocycles. The van der Waals surface area contributed by atoms with Crippen molar-refractivity contribution in [3.63, 3.8) is 0 Å². The van der Waals surface area contributed by atoms with Crippen LogP contribution >= 0.6 is 0 Å². The molecule has 2 rings (SSSR count). The maximum atomic E-state index is 12.0. The van der Waals surface area contributed by atoms with Crippen molar-refractivity contribution >= 4 is 11.8 Å². The first kappa shape index (κ1) is 13.6. The summed E-state index contributed by atoms with van der Waals surface area (Å²) in [6.07, 6.45) is 2.33. The molecule has 0 saturated carbocycles. The van der Waals surface area contributed by atoms with E-state index in [1.807, 2.05) is 0 Å². The van der Waals surface area contributed by atoms with Crippen molar-refractivity contribution in [1.29, 1.82) is 0 Å². The molecule has 1 saturated heterocycles. The molecular weight excluding hydrogens is 248 g/mol. The van der Waals surface area contributed by atoms with Gasteiger partial charge in [0.2, 0.25) is 5.91 Å². The van der Waals surface area contributed by atoms with Crippen LogP contribution in [0.2, 0.25) is 0 Å². The zero-order valence-electron chi connectivity index (χ0n) is 10.7. The molecule has 0 aromatic carbocycles. The van der Waals surface area contributed by atoms with Gasteiger partial charge in [-0.3, -0.25) is 9.59 Å². The van der Waals surface area contributed by atoms with E-state index in [0.717, 1.165) is 0 Å². The Hall–Kier alpha value is -1.82. The quantitative estimate of drug-likeness (QED) is 0.852. The summed E-state index contributed by atoms with van der Waals surface area (Å²) >= 11 is 0. The van der Waals surface area contributed by atoms with Crippen LogP contribution in [0.1, 0.15) is 23.4 Å². The number of rotatable bonds is 4. The Bertz CT molecular complexity index is 422. The molecule has 0 spiro atoms. The van der Waals surface area contributed by atoms with Crippen LogP contribution in [0, 0.1) is 0 Å². The first-order valence-electron chi connectivity index (χ1n) is 6.44. The summed E-state index contributed by atoms with van der Waals surface area (Å²) in [5.41, 5.74) is 0. The Morgan fingerprint density at radius 3 is 2.47 bits per heavy atom. The molecule has 104 valence electrons. The minimum Gasteiger partial charge on any atom is -0.459 e. The lowest BCUT2D eigenvalue weighted by atomic mass is 10.2. The van der Waals surface area contributed by atoms with Gasteiger partial charge >= 0.3 is 0 Å². The first-order chi connectivity index (χ1) is 9.22. The van der Waals surface area contributed by atoms with Crippen molar-refractivity contribution in [2.45, 2.75) is 12.8 Å². The van der Waals surface area contributed by atoms with Crippen LogP contribution in [0.4, 0.5) is 0 Å². The number of carbonyl (C=O) groups excluding carboxylic acids is 2. The summed E-state index contributed by atoms with van der Waals surface area (Å²) in [5.74, 6) is 0.242. The lowest BCUT2D eigenvalue weighted by Crippen LogP contribution is -2.50. The molecule has 1 aromatic rings. The highest BCUT2D eigenvalue weighted by atomic mass is 16.3. The molecule has 0 unspecified atom stereocenters. The molecule has 0 aliphatic carbocycles. The molecule has 1 aliphatic rings. The van der Waals surface area contributed by atoms with Gasteiger partial charge in [-0.15, -0.1) is 0 Å². The summed E-state index contributed by atoms with van der Waals surface area (Å²) in [6, 6.07) is 3.32. The number of carbonyl (C=O) groups is 2. The smallest absolute Gasteiger partial charge is 0.289 e.